The van der Waals surface area contributed by atoms with Crippen LogP contribution in [-0.2, 0) is 19.7 Å². The van der Waals surface area contributed by atoms with Crippen LogP contribution in [0.4, 0.5) is 0 Å². The van der Waals surface area contributed by atoms with Crippen molar-refractivity contribution in [3.05, 3.63) is 88.7 Å². The zero-order valence-electron chi connectivity index (χ0n) is 28.0. The molecule has 10 nitrogen and oxygen atoms in total. The number of nitrogens with one attached hydrogen (secondary N) is 1. The Hall–Kier alpha value is -5.98. The van der Waals surface area contributed by atoms with Gasteiger partial charge < -0.3 is 0 Å². The van der Waals surface area contributed by atoms with Crippen LogP contribution in [0, 0.1) is 0 Å². The highest BCUT2D eigenvalue weighted by Crippen LogP contribution is 2.59. The molecule has 0 saturated heterocycles. The normalized spacial score (nSPS) is 15.7. The molecule has 0 fully saturated rings. The van der Waals surface area contributed by atoms with Crippen molar-refractivity contribution in [3.63, 3.8) is 0 Å². The predicted molar refractivity (Wildman–Crippen MR) is 200 cm³/mol. The number of aromatic amines is 1. The molecule has 0 saturated carbocycles. The lowest BCUT2D eigenvalue weighted by molar-refractivity contribution is -0.530. The van der Waals surface area contributed by atoms with Gasteiger partial charge >= 0.3 is 5.91 Å². The summed E-state index contributed by atoms with van der Waals surface area (Å²) in [6.07, 6.45) is 0. The number of sulfone groups is 2. The van der Waals surface area contributed by atoms with E-state index < -0.39 is 31.1 Å². The minimum Gasteiger partial charge on any atom is -0.268 e. The van der Waals surface area contributed by atoms with Crippen LogP contribution in [0.2, 0.25) is 0 Å². The molecule has 52 heavy (non-hydrogen) atoms. The number of benzene rings is 7. The Labute approximate surface area is 294 Å². The average molecular weight is 722 g/mol. The first-order valence-corrected chi connectivity index (χ1v) is 20.1. The number of para-hydroxylation sites is 4. The van der Waals surface area contributed by atoms with Gasteiger partial charge in [-0.25, -0.2) is 31.6 Å². The number of carbonyl (C=O) groups is 1. The Morgan fingerprint density at radius 1 is 0.615 bits per heavy atom. The first kappa shape index (κ1) is 29.7. The van der Waals surface area contributed by atoms with Crippen LogP contribution in [0.25, 0.3) is 93.0 Å². The summed E-state index contributed by atoms with van der Waals surface area (Å²) in [5.41, 5.74) is 2.89. The maximum Gasteiger partial charge on any atom is 0.347 e. The van der Waals surface area contributed by atoms with E-state index in [4.69, 9.17) is 4.98 Å². The summed E-state index contributed by atoms with van der Waals surface area (Å²) in [5, 5.41) is 3.96. The van der Waals surface area contributed by atoms with E-state index in [0.717, 1.165) is 0 Å². The molecule has 3 aromatic heterocycles. The number of nitrogens with zero attached hydrogens (tertiary/aromatic N) is 3. The first-order valence-electron chi connectivity index (χ1n) is 17.1. The highest BCUT2D eigenvalue weighted by atomic mass is 32.2. The highest BCUT2D eigenvalue weighted by Gasteiger charge is 2.46. The Morgan fingerprint density at radius 2 is 1.17 bits per heavy atom. The minimum absolute atomic E-state index is 0.0303. The summed E-state index contributed by atoms with van der Waals surface area (Å²) in [7, 11) is -8.40. The number of carbonyl (C=O) groups excluding carboxylic acids is 1. The van der Waals surface area contributed by atoms with Gasteiger partial charge in [-0.1, -0.05) is 52.0 Å². The number of rotatable bonds is 0. The van der Waals surface area contributed by atoms with E-state index in [2.05, 4.69) is 4.98 Å². The fourth-order valence-electron chi connectivity index (χ4n) is 9.08. The molecule has 0 unspecified atom stereocenters. The van der Waals surface area contributed by atoms with Crippen molar-refractivity contribution in [2.24, 2.45) is 0 Å². The molecule has 13 rings (SSSR count). The quantitative estimate of drug-likeness (QED) is 0.0987. The number of H-pyrrole nitrogens is 1. The fraction of sp³-hybridized carbons (Fsp3) is 0.100. The maximum absolute atomic E-state index is 14.8. The second-order valence-electron chi connectivity index (χ2n) is 12.9. The Bertz CT molecular complexity index is 3670. The SMILES string of the molecule is CC.CC.O=C1c2cc3c4c5c(cc6c(=O)n7c8ccccc8nc7c7cc8c(c9c(cc(c2c49)-c2[nH]c4ccccc4[n+]21)S8(=O)=O)c5c67)S3(=O)=O. The second kappa shape index (κ2) is 9.08. The van der Waals surface area contributed by atoms with Crippen molar-refractivity contribution < 1.29 is 26.2 Å². The largest absolute Gasteiger partial charge is 0.347 e. The van der Waals surface area contributed by atoms with E-state index in [1.54, 1.807) is 42.5 Å². The third kappa shape index (κ3) is 2.89. The molecule has 12 heteroatoms. The zero-order valence-corrected chi connectivity index (χ0v) is 29.7. The summed E-state index contributed by atoms with van der Waals surface area (Å²) in [6, 6.07) is 20.4. The topological polar surface area (TPSA) is 139 Å². The number of imidazole rings is 2. The molecule has 0 spiro atoms. The molecule has 252 valence electrons. The molecule has 1 N–H and O–H groups in total. The van der Waals surface area contributed by atoms with E-state index >= 15 is 0 Å². The lowest BCUT2D eigenvalue weighted by Crippen LogP contribution is -2.46. The van der Waals surface area contributed by atoms with Gasteiger partial charge in [-0.15, -0.1) is 0 Å². The van der Waals surface area contributed by atoms with Crippen LogP contribution in [-0.4, -0.2) is 37.1 Å². The van der Waals surface area contributed by atoms with Crippen LogP contribution in [0.5, 0.6) is 0 Å². The van der Waals surface area contributed by atoms with Gasteiger partial charge in [0.15, 0.2) is 11.0 Å². The molecule has 0 amide bonds. The van der Waals surface area contributed by atoms with Crippen LogP contribution in [0.15, 0.2) is 97.2 Å². The molecule has 6 heterocycles. The standard InChI is InChI=1S/C36H12N4O6S2.2C2H6/c41-35-15-11-23-29-30-24(48(23,45)46)12-16-26-14(34-38-18-6-2-4-8-20(18)40(34)36(16)42)10-22-28(32(26)30)27-21(47(22,43)44)9-13(25(15)31(27)29)33-37-17-5-1-3-7-19(17)39(33)35;2*1-2/h1-12H;2*1-2H3/p+1. The van der Waals surface area contributed by atoms with Crippen molar-refractivity contribution in [3.8, 4) is 11.4 Å². The number of hydrogen-bond acceptors (Lipinski definition) is 7. The summed E-state index contributed by atoms with van der Waals surface area (Å²) < 4.78 is 61.6. The van der Waals surface area contributed by atoms with E-state index in [-0.39, 0.29) is 30.5 Å². The highest BCUT2D eigenvalue weighted by molar-refractivity contribution is 7.93. The van der Waals surface area contributed by atoms with Crippen LogP contribution < -0.4 is 10.1 Å². The van der Waals surface area contributed by atoms with Crippen LogP contribution in [0.3, 0.4) is 0 Å². The van der Waals surface area contributed by atoms with Crippen LogP contribution >= 0.6 is 0 Å². The Kier molecular flexibility index (Phi) is 5.19. The molecule has 3 aliphatic heterocycles. The van der Waals surface area contributed by atoms with Gasteiger partial charge in [-0.3, -0.25) is 9.20 Å². The summed E-state index contributed by atoms with van der Waals surface area (Å²) in [5.74, 6) is 0.00945. The van der Waals surface area contributed by atoms with Crippen LogP contribution in [0.1, 0.15) is 38.1 Å². The Balaban J connectivity index is 0.000000777. The number of aromatic nitrogens is 4. The molecule has 7 aromatic carbocycles. The maximum atomic E-state index is 14.8. The third-order valence-electron chi connectivity index (χ3n) is 10.9. The molecule has 0 bridgehead atoms. The summed E-state index contributed by atoms with van der Waals surface area (Å²) in [6.45, 7) is 8.00. The minimum atomic E-state index is -4.24. The fourth-order valence-corrected chi connectivity index (χ4v) is 12.5. The smallest absolute Gasteiger partial charge is 0.268 e. The molecule has 10 aromatic rings. The summed E-state index contributed by atoms with van der Waals surface area (Å²) >= 11 is 0. The first-order chi connectivity index (χ1) is 25.2. The second-order valence-corrected chi connectivity index (χ2v) is 16.7. The van der Waals surface area contributed by atoms with Gasteiger partial charge in [0.1, 0.15) is 5.65 Å². The van der Waals surface area contributed by atoms with Gasteiger partial charge in [-0.2, -0.15) is 4.57 Å². The van der Waals surface area contributed by atoms with Crippen molar-refractivity contribution in [1.82, 2.24) is 14.4 Å². The number of pyridine rings is 1. The monoisotopic (exact) mass is 721 g/mol. The van der Waals surface area contributed by atoms with Gasteiger partial charge in [0.05, 0.1) is 47.1 Å². The van der Waals surface area contributed by atoms with Gasteiger partial charge in [0.25, 0.3) is 11.4 Å². The predicted octanol–water partition coefficient (Wildman–Crippen LogP) is 7.27. The van der Waals surface area contributed by atoms with Gasteiger partial charge in [-0.05, 0) is 48.5 Å². The van der Waals surface area contributed by atoms with E-state index in [0.29, 0.717) is 87.6 Å². The van der Waals surface area contributed by atoms with E-state index in [9.17, 15) is 26.4 Å². The van der Waals surface area contributed by atoms with Crippen molar-refractivity contribution >= 4 is 107 Å². The van der Waals surface area contributed by atoms with Crippen molar-refractivity contribution in [2.75, 3.05) is 0 Å². The molecule has 0 radical (unpaired) electrons. The molecular formula is C40H25N4O6S2+. The summed E-state index contributed by atoms with van der Waals surface area (Å²) in [4.78, 5) is 36.8. The average Bonchev–Trinajstić information content (AvgIpc) is 3.87. The molecular weight excluding hydrogens is 697 g/mol. The zero-order chi connectivity index (χ0) is 35.9. The van der Waals surface area contributed by atoms with Gasteiger partial charge in [0, 0.05) is 48.5 Å². The van der Waals surface area contributed by atoms with E-state index in [1.165, 1.54) is 21.1 Å². The Morgan fingerprint density at radius 3 is 1.87 bits per heavy atom. The van der Waals surface area contributed by atoms with E-state index in [1.807, 2.05) is 45.9 Å². The molecule has 3 aliphatic rings. The van der Waals surface area contributed by atoms with Crippen molar-refractivity contribution in [2.45, 2.75) is 47.3 Å². The lowest BCUT2D eigenvalue weighted by atomic mass is 9.84. The van der Waals surface area contributed by atoms with Gasteiger partial charge in [0.2, 0.25) is 19.7 Å². The number of hydrogen-bond donors (Lipinski definition) is 1. The molecule has 0 aliphatic carbocycles. The third-order valence-corrected chi connectivity index (χ3v) is 14.5. The lowest BCUT2D eigenvalue weighted by Gasteiger charge is -2.19. The van der Waals surface area contributed by atoms with Crippen molar-refractivity contribution in [1.29, 1.82) is 0 Å². The number of fused-ring (bicyclic) bond motifs is 8. The molecule has 0 atom stereocenters.